The summed E-state index contributed by atoms with van der Waals surface area (Å²) in [5.74, 6) is -1.69. The van der Waals surface area contributed by atoms with Gasteiger partial charge in [0, 0.05) is 54.3 Å². The molecule has 8 nitrogen and oxygen atoms in total. The Labute approximate surface area is 315 Å². The van der Waals surface area contributed by atoms with Crippen LogP contribution < -0.4 is 5.32 Å². The molecule has 6 rings (SSSR count). The van der Waals surface area contributed by atoms with E-state index >= 15 is 0 Å². The summed E-state index contributed by atoms with van der Waals surface area (Å²) in [6.07, 6.45) is -10.2. The smallest absolute Gasteiger partial charge is 0.410 e. The summed E-state index contributed by atoms with van der Waals surface area (Å²) < 4.78 is 85.8. The van der Waals surface area contributed by atoms with Crippen LogP contribution in [-0.2, 0) is 14.3 Å². The van der Waals surface area contributed by atoms with Gasteiger partial charge in [0.05, 0.1) is 6.04 Å². The van der Waals surface area contributed by atoms with Gasteiger partial charge < -0.3 is 19.9 Å². The molecule has 0 aromatic heterocycles. The predicted molar refractivity (Wildman–Crippen MR) is 187 cm³/mol. The van der Waals surface area contributed by atoms with Crippen molar-refractivity contribution in [3.63, 3.8) is 0 Å². The van der Waals surface area contributed by atoms with Crippen molar-refractivity contribution in [1.82, 2.24) is 20.0 Å². The van der Waals surface area contributed by atoms with Crippen molar-refractivity contribution in [3.05, 3.63) is 69.7 Å². The zero-order chi connectivity index (χ0) is 39.3. The first-order chi connectivity index (χ1) is 24.5. The molecule has 2 aliphatic carbocycles. The van der Waals surface area contributed by atoms with Gasteiger partial charge in [0.1, 0.15) is 16.4 Å². The molecule has 4 aliphatic rings. The molecule has 4 fully saturated rings. The second kappa shape index (κ2) is 14.8. The minimum Gasteiger partial charge on any atom is -0.444 e. The summed E-state index contributed by atoms with van der Waals surface area (Å²) in [6.45, 7) is 9.38. The van der Waals surface area contributed by atoms with E-state index in [0.29, 0.717) is 22.2 Å². The van der Waals surface area contributed by atoms with Crippen LogP contribution in [-0.4, -0.2) is 88.8 Å². The molecule has 2 aromatic rings. The van der Waals surface area contributed by atoms with Gasteiger partial charge in [-0.3, -0.25) is 14.5 Å². The van der Waals surface area contributed by atoms with E-state index in [0.717, 1.165) is 5.56 Å². The lowest BCUT2D eigenvalue weighted by Crippen LogP contribution is -2.59. The Morgan fingerprint density at radius 3 is 1.53 bits per heavy atom. The van der Waals surface area contributed by atoms with E-state index in [4.69, 9.17) is 27.9 Å². The van der Waals surface area contributed by atoms with Gasteiger partial charge in [0.2, 0.25) is 11.8 Å². The number of alkyl halides is 6. The highest BCUT2D eigenvalue weighted by atomic mass is 35.5. The number of piperazine rings is 2. The van der Waals surface area contributed by atoms with Gasteiger partial charge in [-0.1, -0.05) is 47.5 Å². The quantitative estimate of drug-likeness (QED) is 0.314. The third kappa shape index (κ3) is 8.69. The zero-order valence-corrected chi connectivity index (χ0v) is 31.6. The van der Waals surface area contributed by atoms with Gasteiger partial charge in [-0.25, -0.2) is 4.79 Å². The van der Waals surface area contributed by atoms with Crippen LogP contribution in [0.2, 0.25) is 10.0 Å². The molecule has 2 aromatic carbocycles. The number of carbonyl (C=O) groups is 3. The minimum absolute atomic E-state index is 0.0430. The van der Waals surface area contributed by atoms with Crippen LogP contribution in [0.5, 0.6) is 0 Å². The molecule has 2 aliphatic heterocycles. The Morgan fingerprint density at radius 2 is 1.11 bits per heavy atom. The van der Waals surface area contributed by atoms with E-state index in [1.165, 1.54) is 14.7 Å². The monoisotopic (exact) mass is 792 g/mol. The Hall–Kier alpha value is -3.23. The summed E-state index contributed by atoms with van der Waals surface area (Å²) >= 11 is 11.8. The molecule has 53 heavy (non-hydrogen) atoms. The highest BCUT2D eigenvalue weighted by molar-refractivity contribution is 6.30. The van der Waals surface area contributed by atoms with Crippen LogP contribution in [0.3, 0.4) is 0 Å². The number of nitrogens with one attached hydrogen (secondary N) is 1. The summed E-state index contributed by atoms with van der Waals surface area (Å²) in [6, 6.07) is 12.2. The van der Waals surface area contributed by atoms with Crippen LogP contribution in [0, 0.1) is 10.8 Å². The lowest BCUT2D eigenvalue weighted by Gasteiger charge is -2.46. The van der Waals surface area contributed by atoms with Crippen LogP contribution >= 0.6 is 23.2 Å². The number of ether oxygens (including phenoxy) is 1. The molecule has 1 unspecified atom stereocenters. The summed E-state index contributed by atoms with van der Waals surface area (Å²) in [5, 5.41) is 4.37. The maximum absolute atomic E-state index is 13.5. The lowest BCUT2D eigenvalue weighted by molar-refractivity contribution is -0.202. The molecule has 292 valence electrons. The number of carbonyl (C=O) groups excluding carboxylic acids is 3. The molecule has 0 spiro atoms. The molecule has 0 radical (unpaired) electrons. The topological polar surface area (TPSA) is 82.2 Å². The van der Waals surface area contributed by atoms with Crippen LogP contribution in [0.4, 0.5) is 31.1 Å². The summed E-state index contributed by atoms with van der Waals surface area (Å²) in [7, 11) is 0. The number of rotatable bonds is 4. The number of nitrogens with zero attached hydrogens (tertiary/aromatic N) is 3. The molecule has 4 atom stereocenters. The fourth-order valence-electron chi connectivity index (χ4n) is 6.85. The summed E-state index contributed by atoms with van der Waals surface area (Å²) in [4.78, 5) is 42.4. The predicted octanol–water partition coefficient (Wildman–Crippen LogP) is 8.74. The van der Waals surface area contributed by atoms with Gasteiger partial charge in [-0.05, 0) is 95.7 Å². The number of hydrogen-bond donors (Lipinski definition) is 1. The van der Waals surface area contributed by atoms with E-state index in [-0.39, 0.29) is 57.4 Å². The van der Waals surface area contributed by atoms with Crippen molar-refractivity contribution in [3.8, 4) is 0 Å². The van der Waals surface area contributed by atoms with Crippen LogP contribution in [0.1, 0.15) is 83.5 Å². The molecular formula is C37H44Cl2F6N4O4. The second-order valence-corrected chi connectivity index (χ2v) is 16.4. The highest BCUT2D eigenvalue weighted by Crippen LogP contribution is 2.60. The molecule has 2 saturated carbocycles. The van der Waals surface area contributed by atoms with Gasteiger partial charge in [-0.2, -0.15) is 26.3 Å². The number of halogens is 8. The minimum atomic E-state index is -4.58. The largest absolute Gasteiger partial charge is 0.444 e. The zero-order valence-electron chi connectivity index (χ0n) is 30.1. The van der Waals surface area contributed by atoms with E-state index < -0.39 is 58.8 Å². The number of hydrogen-bond acceptors (Lipinski definition) is 5. The van der Waals surface area contributed by atoms with Crippen molar-refractivity contribution < 1.29 is 45.5 Å². The Balaban J connectivity index is 0.000000211. The highest BCUT2D eigenvalue weighted by Gasteiger charge is 2.71. The number of amides is 3. The lowest BCUT2D eigenvalue weighted by atomic mass is 9.96. The van der Waals surface area contributed by atoms with Crippen molar-refractivity contribution in [2.45, 2.75) is 102 Å². The third-order valence-electron chi connectivity index (χ3n) is 10.4. The third-order valence-corrected chi connectivity index (χ3v) is 10.9. The van der Waals surface area contributed by atoms with Gasteiger partial charge in [-0.15, -0.1) is 0 Å². The van der Waals surface area contributed by atoms with E-state index in [1.807, 2.05) is 12.1 Å². The number of benzene rings is 2. The summed E-state index contributed by atoms with van der Waals surface area (Å²) in [5.41, 5.74) is -3.59. The molecule has 16 heteroatoms. The molecule has 0 bridgehead atoms. The maximum Gasteiger partial charge on any atom is 0.410 e. The van der Waals surface area contributed by atoms with Crippen molar-refractivity contribution in [2.75, 3.05) is 26.2 Å². The second-order valence-electron chi connectivity index (χ2n) is 15.5. The first kappa shape index (κ1) is 40.9. The Morgan fingerprint density at radius 1 is 0.679 bits per heavy atom. The molecular weight excluding hydrogens is 749 g/mol. The first-order valence-electron chi connectivity index (χ1n) is 17.5. The standard InChI is InChI=1S/C21H26ClF3N2O3.C16H18ClF3N2O/c1-13-11-27(18(29)30-19(2,3)4)16(14-5-7-15(22)8-6-14)12-26(13)17(28)20(9-10-20)21(23,24)25;1-10-8-21-13(11-2-4-12(17)5-3-11)9-22(10)14(23)15(6-7-15)16(18,19)20/h5-8,13,16H,9-12H2,1-4H3;2-5,10,13,21H,6-9H2,1H3/t13-,16?;10-,13-/m11/s1. The fraction of sp³-hybridized carbons (Fsp3) is 0.595. The van der Waals surface area contributed by atoms with Crippen molar-refractivity contribution in [1.29, 1.82) is 0 Å². The van der Waals surface area contributed by atoms with Crippen LogP contribution in [0.25, 0.3) is 0 Å². The molecule has 2 saturated heterocycles. The van der Waals surface area contributed by atoms with Crippen molar-refractivity contribution in [2.24, 2.45) is 10.8 Å². The normalized spacial score (nSPS) is 25.2. The van der Waals surface area contributed by atoms with E-state index in [2.05, 4.69) is 5.32 Å². The van der Waals surface area contributed by atoms with Crippen molar-refractivity contribution >= 4 is 41.1 Å². The first-order valence-corrected chi connectivity index (χ1v) is 18.2. The molecule has 2 heterocycles. The van der Waals surface area contributed by atoms with E-state index in [1.54, 1.807) is 71.0 Å². The van der Waals surface area contributed by atoms with Crippen LogP contribution in [0.15, 0.2) is 48.5 Å². The maximum atomic E-state index is 13.5. The Bertz CT molecular complexity index is 1660. The van der Waals surface area contributed by atoms with Gasteiger partial charge in [0.15, 0.2) is 0 Å². The van der Waals surface area contributed by atoms with Gasteiger partial charge >= 0.3 is 18.4 Å². The van der Waals surface area contributed by atoms with E-state index in [9.17, 15) is 40.7 Å². The fourth-order valence-corrected chi connectivity index (χ4v) is 7.11. The Kier molecular flexibility index (Phi) is 11.4. The average molecular weight is 794 g/mol. The SMILES string of the molecule is C[C@@H]1CN(C(=O)OC(C)(C)C)C(c2ccc(Cl)cc2)CN1C(=O)C1(C(F)(F)F)CC1.C[C@@H]1CN[C@@H](c2ccc(Cl)cc2)CN1C(=O)C1(C(F)(F)F)CC1. The van der Waals surface area contributed by atoms with Gasteiger partial charge in [0.25, 0.3) is 0 Å². The molecule has 3 amide bonds. The molecule has 1 N–H and O–H groups in total. The average Bonchev–Trinajstić information content (AvgIpc) is 3.98.